The van der Waals surface area contributed by atoms with Crippen molar-refractivity contribution in [2.45, 2.75) is 6.54 Å². The van der Waals surface area contributed by atoms with E-state index in [1.807, 2.05) is 0 Å². The van der Waals surface area contributed by atoms with Gasteiger partial charge >= 0.3 is 0 Å². The first-order chi connectivity index (χ1) is 12.0. The molecule has 0 amide bonds. The van der Waals surface area contributed by atoms with Gasteiger partial charge in [-0.15, -0.1) is 0 Å². The normalized spacial score (nSPS) is 10.5. The summed E-state index contributed by atoms with van der Waals surface area (Å²) in [5.41, 5.74) is 8.08. The summed E-state index contributed by atoms with van der Waals surface area (Å²) >= 11 is 11.9. The lowest BCUT2D eigenvalue weighted by atomic mass is 10.2. The minimum absolute atomic E-state index is 0.279. The Labute approximate surface area is 154 Å². The van der Waals surface area contributed by atoms with Crippen LogP contribution in [0.15, 0.2) is 48.8 Å². The summed E-state index contributed by atoms with van der Waals surface area (Å²) < 4.78 is 12.9. The summed E-state index contributed by atoms with van der Waals surface area (Å²) in [6.07, 6.45) is 1.39. The number of anilines is 4. The van der Waals surface area contributed by atoms with Crippen LogP contribution in [0.1, 0.15) is 5.56 Å². The van der Waals surface area contributed by atoms with Crippen molar-refractivity contribution in [1.82, 2.24) is 9.97 Å². The quantitative estimate of drug-likeness (QED) is 0.591. The molecule has 0 radical (unpaired) electrons. The van der Waals surface area contributed by atoms with Crippen molar-refractivity contribution in [3.8, 4) is 0 Å². The maximum absolute atomic E-state index is 12.9. The largest absolute Gasteiger partial charge is 0.393 e. The number of nitrogens with one attached hydrogen (secondary N) is 2. The maximum Gasteiger partial charge on any atom is 0.159 e. The highest BCUT2D eigenvalue weighted by atomic mass is 35.5. The van der Waals surface area contributed by atoms with Gasteiger partial charge in [0.25, 0.3) is 0 Å². The lowest BCUT2D eigenvalue weighted by molar-refractivity contribution is 0.627. The summed E-state index contributed by atoms with van der Waals surface area (Å²) in [4.78, 5) is 8.28. The van der Waals surface area contributed by atoms with Crippen LogP contribution in [0.3, 0.4) is 0 Å². The molecule has 3 rings (SSSR count). The molecule has 25 heavy (non-hydrogen) atoms. The molecule has 2 aromatic carbocycles. The summed E-state index contributed by atoms with van der Waals surface area (Å²) in [5.74, 6) is 0.635. The number of halogens is 3. The van der Waals surface area contributed by atoms with Crippen molar-refractivity contribution in [3.63, 3.8) is 0 Å². The van der Waals surface area contributed by atoms with E-state index in [-0.39, 0.29) is 5.82 Å². The van der Waals surface area contributed by atoms with E-state index >= 15 is 0 Å². The zero-order valence-electron chi connectivity index (χ0n) is 12.9. The van der Waals surface area contributed by atoms with E-state index in [0.29, 0.717) is 39.6 Å². The van der Waals surface area contributed by atoms with E-state index in [0.717, 1.165) is 5.56 Å². The van der Waals surface area contributed by atoms with Crippen molar-refractivity contribution < 1.29 is 4.39 Å². The van der Waals surface area contributed by atoms with Crippen molar-refractivity contribution >= 4 is 46.2 Å². The third-order valence-corrected chi connectivity index (χ3v) is 4.18. The fourth-order valence-corrected chi connectivity index (χ4v) is 2.43. The van der Waals surface area contributed by atoms with Crippen molar-refractivity contribution in [1.29, 1.82) is 0 Å². The average molecular weight is 378 g/mol. The molecule has 0 fully saturated rings. The predicted molar refractivity (Wildman–Crippen MR) is 99.9 cm³/mol. The number of nitrogens with zero attached hydrogens (tertiary/aromatic N) is 2. The first-order valence-corrected chi connectivity index (χ1v) is 8.09. The molecule has 0 saturated carbocycles. The van der Waals surface area contributed by atoms with Crippen LogP contribution in [-0.4, -0.2) is 9.97 Å². The van der Waals surface area contributed by atoms with Crippen LogP contribution >= 0.6 is 23.2 Å². The molecule has 0 aliphatic rings. The molecule has 1 aromatic heterocycles. The van der Waals surface area contributed by atoms with E-state index in [1.165, 1.54) is 18.5 Å². The van der Waals surface area contributed by atoms with Crippen LogP contribution in [0.4, 0.5) is 27.4 Å². The second kappa shape index (κ2) is 7.55. The number of benzene rings is 2. The molecule has 0 saturated heterocycles. The van der Waals surface area contributed by atoms with Gasteiger partial charge in [-0.1, -0.05) is 35.3 Å². The topological polar surface area (TPSA) is 75.9 Å². The summed E-state index contributed by atoms with van der Waals surface area (Å²) in [6, 6.07) is 11.3. The van der Waals surface area contributed by atoms with Gasteiger partial charge in [0.05, 0.1) is 10.0 Å². The highest BCUT2D eigenvalue weighted by molar-refractivity contribution is 6.42. The van der Waals surface area contributed by atoms with Gasteiger partial charge in [0.1, 0.15) is 17.8 Å². The van der Waals surface area contributed by atoms with Crippen molar-refractivity contribution in [2.24, 2.45) is 0 Å². The summed E-state index contributed by atoms with van der Waals surface area (Å²) in [7, 11) is 0. The molecule has 0 atom stereocenters. The van der Waals surface area contributed by atoms with Crippen LogP contribution in [-0.2, 0) is 6.54 Å². The third-order valence-electron chi connectivity index (χ3n) is 3.44. The lowest BCUT2D eigenvalue weighted by Gasteiger charge is -2.13. The van der Waals surface area contributed by atoms with E-state index in [4.69, 9.17) is 28.9 Å². The van der Waals surface area contributed by atoms with E-state index in [2.05, 4.69) is 20.6 Å². The molecule has 0 bridgehead atoms. The zero-order chi connectivity index (χ0) is 17.8. The van der Waals surface area contributed by atoms with Gasteiger partial charge in [-0.2, -0.15) is 0 Å². The SMILES string of the molecule is Nc1c(NCc2ccc(F)cc2)ncnc1Nc1ccc(Cl)c(Cl)c1. The predicted octanol–water partition coefficient (Wildman–Crippen LogP) is 4.86. The third kappa shape index (κ3) is 4.29. The van der Waals surface area contributed by atoms with Crippen molar-refractivity contribution in [2.75, 3.05) is 16.4 Å². The van der Waals surface area contributed by atoms with Gasteiger partial charge in [0, 0.05) is 12.2 Å². The second-order valence-electron chi connectivity index (χ2n) is 5.22. The van der Waals surface area contributed by atoms with Crippen LogP contribution < -0.4 is 16.4 Å². The number of nitrogen functional groups attached to an aromatic ring is 1. The molecule has 0 aliphatic carbocycles. The molecular formula is C17H14Cl2FN5. The smallest absolute Gasteiger partial charge is 0.159 e. The van der Waals surface area contributed by atoms with E-state index in [9.17, 15) is 4.39 Å². The van der Waals surface area contributed by atoms with Gasteiger partial charge in [-0.3, -0.25) is 0 Å². The van der Waals surface area contributed by atoms with Crippen LogP contribution in [0, 0.1) is 5.82 Å². The molecule has 0 aliphatic heterocycles. The number of hydrogen-bond donors (Lipinski definition) is 3. The standard InChI is InChI=1S/C17H14Cl2FN5/c18-13-6-5-12(7-14(13)19)25-17-15(21)16(23-9-24-17)22-8-10-1-3-11(20)4-2-10/h1-7,9H,8,21H2,(H2,22,23,24,25). The van der Waals surface area contributed by atoms with Gasteiger partial charge in [0.15, 0.2) is 11.6 Å². The highest BCUT2D eigenvalue weighted by Crippen LogP contribution is 2.29. The molecule has 0 unspecified atom stereocenters. The Morgan fingerprint density at radius 3 is 2.40 bits per heavy atom. The summed E-state index contributed by atoms with van der Waals surface area (Å²) in [6.45, 7) is 0.452. The van der Waals surface area contributed by atoms with Gasteiger partial charge in [-0.25, -0.2) is 14.4 Å². The minimum atomic E-state index is -0.279. The molecule has 1 heterocycles. The maximum atomic E-state index is 12.9. The molecule has 8 heteroatoms. The number of rotatable bonds is 5. The zero-order valence-corrected chi connectivity index (χ0v) is 14.4. The van der Waals surface area contributed by atoms with E-state index in [1.54, 1.807) is 30.3 Å². The number of aromatic nitrogens is 2. The monoisotopic (exact) mass is 377 g/mol. The molecule has 5 nitrogen and oxygen atoms in total. The van der Waals surface area contributed by atoms with Gasteiger partial charge in [-0.05, 0) is 35.9 Å². The lowest BCUT2D eigenvalue weighted by Crippen LogP contribution is -2.08. The molecule has 4 N–H and O–H groups in total. The molecule has 128 valence electrons. The average Bonchev–Trinajstić information content (AvgIpc) is 2.60. The fraction of sp³-hybridized carbons (Fsp3) is 0.0588. The Morgan fingerprint density at radius 2 is 1.68 bits per heavy atom. The Balaban J connectivity index is 1.75. The molecular weight excluding hydrogens is 364 g/mol. The number of hydrogen-bond acceptors (Lipinski definition) is 5. The van der Waals surface area contributed by atoms with Crippen molar-refractivity contribution in [3.05, 3.63) is 70.2 Å². The highest BCUT2D eigenvalue weighted by Gasteiger charge is 2.09. The first kappa shape index (κ1) is 17.3. The summed E-state index contributed by atoms with van der Waals surface area (Å²) in [5, 5.41) is 7.07. The Hall–Kier alpha value is -2.57. The Bertz CT molecular complexity index is 887. The van der Waals surface area contributed by atoms with Crippen LogP contribution in [0.5, 0.6) is 0 Å². The Morgan fingerprint density at radius 1 is 0.960 bits per heavy atom. The fourth-order valence-electron chi connectivity index (χ4n) is 2.13. The molecule has 3 aromatic rings. The van der Waals surface area contributed by atoms with E-state index < -0.39 is 0 Å². The Kier molecular flexibility index (Phi) is 5.21. The van der Waals surface area contributed by atoms with Crippen LogP contribution in [0.25, 0.3) is 0 Å². The minimum Gasteiger partial charge on any atom is -0.393 e. The first-order valence-electron chi connectivity index (χ1n) is 7.34. The second-order valence-corrected chi connectivity index (χ2v) is 6.03. The van der Waals surface area contributed by atoms with Crippen LogP contribution in [0.2, 0.25) is 10.0 Å². The molecule has 0 spiro atoms. The van der Waals surface area contributed by atoms with Gasteiger partial charge in [0.2, 0.25) is 0 Å². The van der Waals surface area contributed by atoms with Gasteiger partial charge < -0.3 is 16.4 Å². The number of nitrogens with two attached hydrogens (primary N) is 1.